The molecule has 3 heteroatoms. The summed E-state index contributed by atoms with van der Waals surface area (Å²) in [6.45, 7) is 8.17. The summed E-state index contributed by atoms with van der Waals surface area (Å²) in [7, 11) is 0. The number of hydrogen-bond donors (Lipinski definition) is 1. The van der Waals surface area contributed by atoms with E-state index in [0.717, 1.165) is 25.3 Å². The summed E-state index contributed by atoms with van der Waals surface area (Å²) in [5, 5.41) is 3.41. The largest absolute Gasteiger partial charge is 0.487 e. The maximum atomic E-state index is 6.11. The highest BCUT2D eigenvalue weighted by atomic mass is 16.5. The van der Waals surface area contributed by atoms with Crippen molar-refractivity contribution < 1.29 is 9.47 Å². The second kappa shape index (κ2) is 4.25. The zero-order chi connectivity index (χ0) is 12.8. The average molecular weight is 247 g/mol. The van der Waals surface area contributed by atoms with Gasteiger partial charge < -0.3 is 14.8 Å². The molecule has 2 aliphatic rings. The predicted octanol–water partition coefficient (Wildman–Crippen LogP) is 2.45. The summed E-state index contributed by atoms with van der Waals surface area (Å²) < 4.78 is 12.1. The third-order valence-corrected chi connectivity index (χ3v) is 3.63. The summed E-state index contributed by atoms with van der Waals surface area (Å²) in [6.07, 6.45) is 1.35. The molecule has 0 aromatic heterocycles. The molecule has 18 heavy (non-hydrogen) atoms. The van der Waals surface area contributed by atoms with Crippen molar-refractivity contribution in [2.75, 3.05) is 13.1 Å². The molecule has 1 aromatic carbocycles. The normalized spacial score (nSPS) is 29.7. The van der Waals surface area contributed by atoms with Crippen molar-refractivity contribution in [2.45, 2.75) is 45.0 Å². The Kier molecular flexibility index (Phi) is 2.83. The molecular formula is C15H21NO2. The van der Waals surface area contributed by atoms with Crippen LogP contribution in [0, 0.1) is 0 Å². The van der Waals surface area contributed by atoms with E-state index < -0.39 is 0 Å². The maximum Gasteiger partial charge on any atom is 0.129 e. The van der Waals surface area contributed by atoms with Gasteiger partial charge in [-0.1, -0.05) is 18.2 Å². The molecule has 0 bridgehead atoms. The standard InChI is InChI=1S/C15H21NO2/c1-10-8-16-9-13(17-10)12-6-4-5-11-7-15(2,3)18-14(11)12/h4-6,10,13,16H,7-9H2,1-3H3. The smallest absolute Gasteiger partial charge is 0.129 e. The van der Waals surface area contributed by atoms with Crippen LogP contribution in [-0.4, -0.2) is 24.8 Å². The molecule has 1 N–H and O–H groups in total. The molecule has 2 unspecified atom stereocenters. The number of fused-ring (bicyclic) bond motifs is 1. The van der Waals surface area contributed by atoms with Crippen LogP contribution in [0.25, 0.3) is 0 Å². The van der Waals surface area contributed by atoms with Crippen LogP contribution in [0.1, 0.15) is 38.0 Å². The van der Waals surface area contributed by atoms with Crippen molar-refractivity contribution in [1.82, 2.24) is 5.32 Å². The highest BCUT2D eigenvalue weighted by molar-refractivity contribution is 5.47. The van der Waals surface area contributed by atoms with Gasteiger partial charge in [0.2, 0.25) is 0 Å². The molecule has 1 fully saturated rings. The first kappa shape index (κ1) is 12.0. The van der Waals surface area contributed by atoms with Gasteiger partial charge in [-0.3, -0.25) is 0 Å². The van der Waals surface area contributed by atoms with E-state index in [4.69, 9.17) is 9.47 Å². The van der Waals surface area contributed by atoms with E-state index in [1.54, 1.807) is 0 Å². The van der Waals surface area contributed by atoms with Crippen LogP contribution < -0.4 is 10.1 Å². The number of para-hydroxylation sites is 1. The van der Waals surface area contributed by atoms with Crippen molar-refractivity contribution >= 4 is 0 Å². The fourth-order valence-corrected chi connectivity index (χ4v) is 2.87. The third kappa shape index (κ3) is 2.13. The predicted molar refractivity (Wildman–Crippen MR) is 71.0 cm³/mol. The van der Waals surface area contributed by atoms with Gasteiger partial charge in [0.25, 0.3) is 0 Å². The van der Waals surface area contributed by atoms with Crippen molar-refractivity contribution in [3.63, 3.8) is 0 Å². The Morgan fingerprint density at radius 2 is 2.11 bits per heavy atom. The van der Waals surface area contributed by atoms with E-state index in [9.17, 15) is 0 Å². The second-order valence-electron chi connectivity index (χ2n) is 5.97. The molecule has 0 spiro atoms. The number of benzene rings is 1. The molecular weight excluding hydrogens is 226 g/mol. The Labute approximate surface area is 108 Å². The van der Waals surface area contributed by atoms with Crippen molar-refractivity contribution in [2.24, 2.45) is 0 Å². The summed E-state index contributed by atoms with van der Waals surface area (Å²) in [5.74, 6) is 1.04. The second-order valence-corrected chi connectivity index (χ2v) is 5.97. The van der Waals surface area contributed by atoms with E-state index in [1.165, 1.54) is 11.1 Å². The lowest BCUT2D eigenvalue weighted by Gasteiger charge is -2.30. The van der Waals surface area contributed by atoms with Crippen molar-refractivity contribution in [3.8, 4) is 5.75 Å². The number of morpholine rings is 1. The quantitative estimate of drug-likeness (QED) is 0.827. The van der Waals surface area contributed by atoms with E-state index in [2.05, 4.69) is 44.3 Å². The minimum Gasteiger partial charge on any atom is -0.487 e. The zero-order valence-electron chi connectivity index (χ0n) is 11.3. The third-order valence-electron chi connectivity index (χ3n) is 3.63. The number of rotatable bonds is 1. The van der Waals surface area contributed by atoms with Gasteiger partial charge in [0, 0.05) is 25.1 Å². The molecule has 1 saturated heterocycles. The topological polar surface area (TPSA) is 30.5 Å². The van der Waals surface area contributed by atoms with Gasteiger partial charge in [0.15, 0.2) is 0 Å². The van der Waals surface area contributed by atoms with Crippen LogP contribution in [0.5, 0.6) is 5.75 Å². The molecule has 2 heterocycles. The SMILES string of the molecule is CC1CNCC(c2cccc3c2OC(C)(C)C3)O1. The van der Waals surface area contributed by atoms with Gasteiger partial charge in [0.1, 0.15) is 11.4 Å². The number of ether oxygens (including phenoxy) is 2. The van der Waals surface area contributed by atoms with Crippen LogP contribution in [0.3, 0.4) is 0 Å². The van der Waals surface area contributed by atoms with Crippen LogP contribution in [-0.2, 0) is 11.2 Å². The fraction of sp³-hybridized carbons (Fsp3) is 0.600. The van der Waals surface area contributed by atoms with E-state index >= 15 is 0 Å². The molecule has 3 rings (SSSR count). The van der Waals surface area contributed by atoms with Gasteiger partial charge in [0.05, 0.1) is 12.2 Å². The Morgan fingerprint density at radius 1 is 1.28 bits per heavy atom. The van der Waals surface area contributed by atoms with Gasteiger partial charge in [-0.2, -0.15) is 0 Å². The minimum absolute atomic E-state index is 0.0911. The highest BCUT2D eigenvalue weighted by Crippen LogP contribution is 2.41. The molecule has 0 radical (unpaired) electrons. The Morgan fingerprint density at radius 3 is 2.89 bits per heavy atom. The van der Waals surface area contributed by atoms with E-state index in [1.807, 2.05) is 0 Å². The zero-order valence-corrected chi connectivity index (χ0v) is 11.3. The minimum atomic E-state index is -0.0911. The van der Waals surface area contributed by atoms with Crippen molar-refractivity contribution in [3.05, 3.63) is 29.3 Å². The monoisotopic (exact) mass is 247 g/mol. The van der Waals surface area contributed by atoms with Crippen LogP contribution in [0.2, 0.25) is 0 Å². The fourth-order valence-electron chi connectivity index (χ4n) is 2.87. The lowest BCUT2D eigenvalue weighted by atomic mass is 9.98. The lowest BCUT2D eigenvalue weighted by molar-refractivity contribution is -0.0305. The summed E-state index contributed by atoms with van der Waals surface area (Å²) in [5.41, 5.74) is 2.41. The van der Waals surface area contributed by atoms with E-state index in [-0.39, 0.29) is 17.8 Å². The molecule has 3 nitrogen and oxygen atoms in total. The van der Waals surface area contributed by atoms with Gasteiger partial charge >= 0.3 is 0 Å². The highest BCUT2D eigenvalue weighted by Gasteiger charge is 2.34. The first-order valence-corrected chi connectivity index (χ1v) is 6.72. The first-order valence-electron chi connectivity index (χ1n) is 6.72. The molecule has 0 amide bonds. The molecule has 2 aliphatic heterocycles. The van der Waals surface area contributed by atoms with Crippen LogP contribution in [0.15, 0.2) is 18.2 Å². The molecule has 0 saturated carbocycles. The Balaban J connectivity index is 1.92. The maximum absolute atomic E-state index is 6.11. The Bertz CT molecular complexity index is 456. The summed E-state index contributed by atoms with van der Waals surface area (Å²) in [6, 6.07) is 6.40. The van der Waals surface area contributed by atoms with E-state index in [0.29, 0.717) is 0 Å². The summed E-state index contributed by atoms with van der Waals surface area (Å²) >= 11 is 0. The molecule has 98 valence electrons. The number of nitrogens with one attached hydrogen (secondary N) is 1. The number of hydrogen-bond acceptors (Lipinski definition) is 3. The van der Waals surface area contributed by atoms with Crippen molar-refractivity contribution in [1.29, 1.82) is 0 Å². The molecule has 1 aromatic rings. The Hall–Kier alpha value is -1.06. The first-order chi connectivity index (χ1) is 8.55. The molecule has 2 atom stereocenters. The average Bonchev–Trinajstić information content (AvgIpc) is 2.62. The molecule has 0 aliphatic carbocycles. The summed E-state index contributed by atoms with van der Waals surface area (Å²) in [4.78, 5) is 0. The van der Waals surface area contributed by atoms with Gasteiger partial charge in [-0.15, -0.1) is 0 Å². The van der Waals surface area contributed by atoms with Gasteiger partial charge in [-0.25, -0.2) is 0 Å². The van der Waals surface area contributed by atoms with Crippen LogP contribution in [0.4, 0.5) is 0 Å². The van der Waals surface area contributed by atoms with Crippen LogP contribution >= 0.6 is 0 Å². The van der Waals surface area contributed by atoms with Gasteiger partial charge in [-0.05, 0) is 26.3 Å². The lowest BCUT2D eigenvalue weighted by Crippen LogP contribution is -2.39.